The Kier molecular flexibility index (Phi) is 7.93. The molecule has 0 rings (SSSR count). The van der Waals surface area contributed by atoms with Gasteiger partial charge in [-0.3, -0.25) is 10.2 Å². The molecule has 0 spiro atoms. The Balaban J connectivity index is 4.32. The van der Waals surface area contributed by atoms with Crippen molar-refractivity contribution in [3.8, 4) is 0 Å². The summed E-state index contributed by atoms with van der Waals surface area (Å²) in [4.78, 5) is 1.99. The lowest BCUT2D eigenvalue weighted by Gasteiger charge is -2.38. The van der Waals surface area contributed by atoms with Crippen molar-refractivity contribution in [3.63, 3.8) is 0 Å². The molecular weight excluding hydrogens is 204 g/mol. The van der Waals surface area contributed by atoms with Crippen LogP contribution in [0.3, 0.4) is 0 Å². The van der Waals surface area contributed by atoms with Crippen LogP contribution in [-0.2, 0) is 0 Å². The Hall–Kier alpha value is -0.160. The van der Waals surface area contributed by atoms with Gasteiger partial charge in [-0.1, -0.05) is 26.7 Å². The molecule has 0 aromatic rings. The van der Waals surface area contributed by atoms with E-state index in [0.717, 1.165) is 38.8 Å². The first kappa shape index (κ1) is 15.8. The molecule has 0 radical (unpaired) electrons. The van der Waals surface area contributed by atoms with Crippen molar-refractivity contribution in [2.24, 2.45) is 0 Å². The lowest BCUT2D eigenvalue weighted by Crippen LogP contribution is -2.59. The fourth-order valence-electron chi connectivity index (χ4n) is 1.73. The summed E-state index contributed by atoms with van der Waals surface area (Å²) in [5, 5.41) is 22.3. The molecule has 0 heterocycles. The maximum Gasteiger partial charge on any atom is 0.173 e. The Morgan fingerprint density at radius 1 is 1.19 bits per heavy atom. The van der Waals surface area contributed by atoms with Gasteiger partial charge in [0.25, 0.3) is 0 Å². The third kappa shape index (κ3) is 6.43. The van der Waals surface area contributed by atoms with Gasteiger partial charge < -0.3 is 10.2 Å². The molecule has 4 heteroatoms. The lowest BCUT2D eigenvalue weighted by molar-refractivity contribution is -0.144. The topological polar surface area (TPSA) is 55.7 Å². The number of hydrogen-bond acceptors (Lipinski definition) is 4. The zero-order valence-corrected chi connectivity index (χ0v) is 11.2. The summed E-state index contributed by atoms with van der Waals surface area (Å²) in [5.41, 5.74) is 0. The second kappa shape index (κ2) is 8.01. The highest BCUT2D eigenvalue weighted by Gasteiger charge is 2.28. The first-order valence-corrected chi connectivity index (χ1v) is 6.37. The molecule has 0 fully saturated rings. The zero-order valence-electron chi connectivity index (χ0n) is 11.2. The van der Waals surface area contributed by atoms with Crippen LogP contribution in [0, 0.1) is 0 Å². The number of rotatable bonds is 9. The van der Waals surface area contributed by atoms with E-state index in [-0.39, 0.29) is 0 Å². The molecule has 16 heavy (non-hydrogen) atoms. The van der Waals surface area contributed by atoms with Crippen molar-refractivity contribution in [2.75, 3.05) is 13.1 Å². The third-order valence-electron chi connectivity index (χ3n) is 2.66. The van der Waals surface area contributed by atoms with Crippen molar-refractivity contribution in [3.05, 3.63) is 0 Å². The molecule has 0 aliphatic rings. The zero-order chi connectivity index (χ0) is 12.6. The van der Waals surface area contributed by atoms with Crippen molar-refractivity contribution in [1.29, 1.82) is 0 Å². The SMILES string of the molecule is CCCCN(CCCC)C(C)(O)NC(C)O. The van der Waals surface area contributed by atoms with Gasteiger partial charge in [0.05, 0.1) is 0 Å². The van der Waals surface area contributed by atoms with Crippen LogP contribution in [-0.4, -0.2) is 40.3 Å². The molecule has 0 aromatic carbocycles. The van der Waals surface area contributed by atoms with Gasteiger partial charge in [0.2, 0.25) is 0 Å². The molecule has 0 saturated carbocycles. The summed E-state index contributed by atoms with van der Waals surface area (Å²) in [7, 11) is 0. The van der Waals surface area contributed by atoms with Gasteiger partial charge in [0, 0.05) is 13.1 Å². The summed E-state index contributed by atoms with van der Waals surface area (Å²) in [5.74, 6) is -1.13. The van der Waals surface area contributed by atoms with E-state index in [2.05, 4.69) is 19.2 Å². The van der Waals surface area contributed by atoms with E-state index in [1.165, 1.54) is 0 Å². The van der Waals surface area contributed by atoms with Crippen LogP contribution in [0.15, 0.2) is 0 Å². The van der Waals surface area contributed by atoms with E-state index in [1.54, 1.807) is 13.8 Å². The minimum atomic E-state index is -1.13. The molecule has 2 unspecified atom stereocenters. The maximum atomic E-state index is 10.3. The van der Waals surface area contributed by atoms with Crippen LogP contribution >= 0.6 is 0 Å². The van der Waals surface area contributed by atoms with Gasteiger partial charge in [-0.15, -0.1) is 0 Å². The molecule has 4 nitrogen and oxygen atoms in total. The molecule has 0 saturated heterocycles. The van der Waals surface area contributed by atoms with Crippen LogP contribution in [0.5, 0.6) is 0 Å². The lowest BCUT2D eigenvalue weighted by atomic mass is 10.2. The van der Waals surface area contributed by atoms with Crippen LogP contribution in [0.2, 0.25) is 0 Å². The minimum absolute atomic E-state index is 0.708. The predicted molar refractivity (Wildman–Crippen MR) is 66.8 cm³/mol. The number of aliphatic hydroxyl groups excluding tert-OH is 1. The van der Waals surface area contributed by atoms with Gasteiger partial charge in [-0.25, -0.2) is 0 Å². The van der Waals surface area contributed by atoms with Gasteiger partial charge in [0.15, 0.2) is 5.85 Å². The number of aliphatic hydroxyl groups is 2. The second-order valence-electron chi connectivity index (χ2n) is 4.54. The van der Waals surface area contributed by atoms with E-state index in [0.29, 0.717) is 0 Å². The van der Waals surface area contributed by atoms with E-state index >= 15 is 0 Å². The summed E-state index contributed by atoms with van der Waals surface area (Å²) in [6.07, 6.45) is 3.62. The minimum Gasteiger partial charge on any atom is -0.379 e. The molecular formula is C12H28N2O2. The molecule has 0 amide bonds. The third-order valence-corrected chi connectivity index (χ3v) is 2.66. The van der Waals surface area contributed by atoms with Crippen molar-refractivity contribution < 1.29 is 10.2 Å². The average molecular weight is 232 g/mol. The number of nitrogens with one attached hydrogen (secondary N) is 1. The molecule has 0 aromatic heterocycles. The summed E-state index contributed by atoms with van der Waals surface area (Å²) < 4.78 is 0. The van der Waals surface area contributed by atoms with E-state index in [4.69, 9.17) is 0 Å². The molecule has 0 bridgehead atoms. The van der Waals surface area contributed by atoms with Crippen LogP contribution < -0.4 is 5.32 Å². The number of unbranched alkanes of at least 4 members (excludes halogenated alkanes) is 2. The first-order valence-electron chi connectivity index (χ1n) is 6.37. The first-order chi connectivity index (χ1) is 7.44. The summed E-state index contributed by atoms with van der Waals surface area (Å²) >= 11 is 0. The average Bonchev–Trinajstić information content (AvgIpc) is 2.15. The van der Waals surface area contributed by atoms with Crippen molar-refractivity contribution >= 4 is 0 Å². The molecule has 98 valence electrons. The normalized spacial score (nSPS) is 17.4. The summed E-state index contributed by atoms with van der Waals surface area (Å²) in [6.45, 7) is 9.29. The van der Waals surface area contributed by atoms with Crippen LogP contribution in [0.1, 0.15) is 53.4 Å². The van der Waals surface area contributed by atoms with Crippen molar-refractivity contribution in [2.45, 2.75) is 65.5 Å². The number of hydrogen-bond donors (Lipinski definition) is 3. The Bertz CT molecular complexity index is 164. The second-order valence-corrected chi connectivity index (χ2v) is 4.54. The predicted octanol–water partition coefficient (Wildman–Crippen LogP) is 1.48. The van der Waals surface area contributed by atoms with E-state index in [1.807, 2.05) is 4.90 Å². The highest BCUT2D eigenvalue weighted by Crippen LogP contribution is 2.11. The smallest absolute Gasteiger partial charge is 0.173 e. The highest BCUT2D eigenvalue weighted by molar-refractivity contribution is 4.73. The van der Waals surface area contributed by atoms with Gasteiger partial charge in [-0.05, 0) is 26.7 Å². The molecule has 3 N–H and O–H groups in total. The molecule has 0 aliphatic heterocycles. The highest BCUT2D eigenvalue weighted by atomic mass is 16.3. The van der Waals surface area contributed by atoms with E-state index in [9.17, 15) is 10.2 Å². The van der Waals surface area contributed by atoms with Crippen LogP contribution in [0.4, 0.5) is 0 Å². The van der Waals surface area contributed by atoms with Crippen LogP contribution in [0.25, 0.3) is 0 Å². The fraction of sp³-hybridized carbons (Fsp3) is 1.00. The standard InChI is InChI=1S/C12H28N2O2/c1-5-7-9-14(10-8-6-2)12(4,16)13-11(3)15/h11,13,15-16H,5-10H2,1-4H3. The Labute approximate surface area is 99.7 Å². The fourth-order valence-corrected chi connectivity index (χ4v) is 1.73. The van der Waals surface area contributed by atoms with Gasteiger partial charge in [-0.2, -0.15) is 0 Å². The van der Waals surface area contributed by atoms with E-state index < -0.39 is 12.1 Å². The molecule has 2 atom stereocenters. The van der Waals surface area contributed by atoms with Crippen molar-refractivity contribution in [1.82, 2.24) is 10.2 Å². The quantitative estimate of drug-likeness (QED) is 0.527. The Morgan fingerprint density at radius 2 is 1.62 bits per heavy atom. The van der Waals surface area contributed by atoms with Gasteiger partial charge in [0.1, 0.15) is 6.23 Å². The maximum absolute atomic E-state index is 10.3. The largest absolute Gasteiger partial charge is 0.379 e. The van der Waals surface area contributed by atoms with Gasteiger partial charge >= 0.3 is 0 Å². The Morgan fingerprint density at radius 3 is 1.94 bits per heavy atom. The summed E-state index contributed by atoms with van der Waals surface area (Å²) in [6, 6.07) is 0. The monoisotopic (exact) mass is 232 g/mol. The molecule has 0 aliphatic carbocycles. The number of nitrogens with zero attached hydrogens (tertiary/aromatic N) is 1.